The third-order valence-corrected chi connectivity index (χ3v) is 3.41. The Hall–Kier alpha value is -1.55. The van der Waals surface area contributed by atoms with E-state index in [0.29, 0.717) is 27.8 Å². The second-order valence-corrected chi connectivity index (χ2v) is 4.75. The molecule has 0 spiro atoms. The summed E-state index contributed by atoms with van der Waals surface area (Å²) in [6.45, 7) is 0. The van der Waals surface area contributed by atoms with Crippen molar-refractivity contribution in [3.8, 4) is 0 Å². The quantitative estimate of drug-likeness (QED) is 0.672. The first-order chi connectivity index (χ1) is 8.22. The van der Waals surface area contributed by atoms with Crippen LogP contribution >= 0.6 is 11.6 Å². The Labute approximate surface area is 103 Å². The summed E-state index contributed by atoms with van der Waals surface area (Å²) >= 11 is 6.18. The minimum Gasteiger partial charge on any atom is -0.398 e. The molecule has 1 aliphatic rings. The van der Waals surface area contributed by atoms with Crippen LogP contribution in [0.3, 0.4) is 0 Å². The van der Waals surface area contributed by atoms with Crippen molar-refractivity contribution in [2.45, 2.75) is 25.2 Å². The summed E-state index contributed by atoms with van der Waals surface area (Å²) < 4.78 is 5.32. The zero-order valence-electron chi connectivity index (χ0n) is 9.07. The Morgan fingerprint density at radius 3 is 3.00 bits per heavy atom. The van der Waals surface area contributed by atoms with E-state index in [9.17, 15) is 4.79 Å². The summed E-state index contributed by atoms with van der Waals surface area (Å²) in [6.07, 6.45) is 3.26. The number of rotatable bonds is 3. The van der Waals surface area contributed by atoms with Crippen molar-refractivity contribution >= 4 is 34.5 Å². The van der Waals surface area contributed by atoms with E-state index in [1.54, 1.807) is 6.07 Å². The van der Waals surface area contributed by atoms with Gasteiger partial charge in [0.2, 0.25) is 0 Å². The second-order valence-electron chi connectivity index (χ2n) is 4.34. The molecule has 4 nitrogen and oxygen atoms in total. The molecule has 1 aromatic carbocycles. The van der Waals surface area contributed by atoms with Gasteiger partial charge in [-0.2, -0.15) is 0 Å². The van der Waals surface area contributed by atoms with Crippen LogP contribution in [0.1, 0.15) is 30.0 Å². The second kappa shape index (κ2) is 3.74. The summed E-state index contributed by atoms with van der Waals surface area (Å²) in [4.78, 5) is 10.7. The summed E-state index contributed by atoms with van der Waals surface area (Å²) in [5.74, 6) is 0.446. The largest absolute Gasteiger partial charge is 0.398 e. The Morgan fingerprint density at radius 2 is 2.35 bits per heavy atom. The predicted molar refractivity (Wildman–Crippen MR) is 65.2 cm³/mol. The first-order valence-corrected chi connectivity index (χ1v) is 5.90. The number of halogens is 1. The van der Waals surface area contributed by atoms with E-state index >= 15 is 0 Å². The number of nitrogens with zero attached hydrogens (tertiary/aromatic N) is 1. The summed E-state index contributed by atoms with van der Waals surface area (Å²) in [6, 6.07) is 1.67. The molecule has 0 amide bonds. The van der Waals surface area contributed by atoms with Gasteiger partial charge in [0.15, 0.2) is 5.58 Å². The molecular weight excluding hydrogens is 240 g/mol. The molecule has 0 atom stereocenters. The van der Waals surface area contributed by atoms with E-state index in [1.165, 1.54) is 0 Å². The first kappa shape index (κ1) is 10.6. The van der Waals surface area contributed by atoms with Crippen LogP contribution in [0.4, 0.5) is 5.69 Å². The highest BCUT2D eigenvalue weighted by molar-refractivity contribution is 6.36. The summed E-state index contributed by atoms with van der Waals surface area (Å²) in [5.41, 5.74) is 8.46. The van der Waals surface area contributed by atoms with Gasteiger partial charge < -0.3 is 15.1 Å². The zero-order valence-corrected chi connectivity index (χ0v) is 9.83. The molecule has 1 heterocycles. The average Bonchev–Trinajstić information content (AvgIpc) is 3.04. The van der Waals surface area contributed by atoms with Gasteiger partial charge in [0.05, 0.1) is 16.1 Å². The van der Waals surface area contributed by atoms with Gasteiger partial charge in [-0.25, -0.2) is 0 Å². The van der Waals surface area contributed by atoms with Gasteiger partial charge in [0, 0.05) is 23.6 Å². The molecule has 1 fully saturated rings. The molecule has 0 bridgehead atoms. The van der Waals surface area contributed by atoms with Crippen molar-refractivity contribution in [2.75, 3.05) is 5.73 Å². The van der Waals surface area contributed by atoms with Crippen molar-refractivity contribution in [1.29, 1.82) is 0 Å². The Kier molecular flexibility index (Phi) is 2.33. The third-order valence-electron chi connectivity index (χ3n) is 3.11. The minimum absolute atomic E-state index is 0.221. The number of nitrogens with two attached hydrogens (primary N) is 1. The number of hydrogen-bond donors (Lipinski definition) is 1. The van der Waals surface area contributed by atoms with Crippen LogP contribution in [0.15, 0.2) is 10.6 Å². The maximum Gasteiger partial charge on any atom is 0.174 e. The fourth-order valence-corrected chi connectivity index (χ4v) is 2.40. The van der Waals surface area contributed by atoms with Crippen LogP contribution in [0.25, 0.3) is 11.0 Å². The maximum atomic E-state index is 10.7. The van der Waals surface area contributed by atoms with E-state index in [4.69, 9.17) is 21.9 Å². The van der Waals surface area contributed by atoms with E-state index in [0.717, 1.165) is 30.2 Å². The van der Waals surface area contributed by atoms with Gasteiger partial charge in [0.25, 0.3) is 0 Å². The van der Waals surface area contributed by atoms with Crippen LogP contribution in [-0.2, 0) is 11.2 Å². The van der Waals surface area contributed by atoms with E-state index in [1.807, 2.05) is 0 Å². The van der Waals surface area contributed by atoms with E-state index < -0.39 is 0 Å². The number of anilines is 1. The molecule has 2 N–H and O–H groups in total. The normalized spacial score (nSPS) is 15.4. The van der Waals surface area contributed by atoms with E-state index in [-0.39, 0.29) is 6.42 Å². The standard InChI is InChI=1S/C12H11ClN2O2/c13-8-5-9(14)7(3-4-16)12-10(8)11(15-17-12)6-1-2-6/h4-6H,1-3,14H2. The smallest absolute Gasteiger partial charge is 0.174 e. The molecule has 17 heavy (non-hydrogen) atoms. The predicted octanol–water partition coefficient (Wildman–Crippen LogP) is 2.68. The lowest BCUT2D eigenvalue weighted by molar-refractivity contribution is -0.107. The molecule has 88 valence electrons. The number of fused-ring (bicyclic) bond motifs is 1. The number of aromatic nitrogens is 1. The summed E-state index contributed by atoms with van der Waals surface area (Å²) in [7, 11) is 0. The average molecular weight is 251 g/mol. The van der Waals surface area contributed by atoms with Gasteiger partial charge in [0.1, 0.15) is 6.29 Å². The number of nitrogen functional groups attached to an aromatic ring is 1. The minimum atomic E-state index is 0.221. The van der Waals surface area contributed by atoms with Gasteiger partial charge in [-0.1, -0.05) is 16.8 Å². The molecule has 3 rings (SSSR count). The number of benzene rings is 1. The molecular formula is C12H11ClN2O2. The van der Waals surface area contributed by atoms with Gasteiger partial charge in [-0.15, -0.1) is 0 Å². The SMILES string of the molecule is Nc1cc(Cl)c2c(C3CC3)noc2c1CC=O. The molecule has 5 heteroatoms. The van der Waals surface area contributed by atoms with Gasteiger partial charge >= 0.3 is 0 Å². The lowest BCUT2D eigenvalue weighted by Gasteiger charge is -2.04. The van der Waals surface area contributed by atoms with Crippen molar-refractivity contribution in [1.82, 2.24) is 5.16 Å². The number of hydrogen-bond acceptors (Lipinski definition) is 4. The topological polar surface area (TPSA) is 69.1 Å². The van der Waals surface area contributed by atoms with Crippen LogP contribution in [0, 0.1) is 0 Å². The van der Waals surface area contributed by atoms with Crippen LogP contribution < -0.4 is 5.73 Å². The van der Waals surface area contributed by atoms with Crippen molar-refractivity contribution in [3.05, 3.63) is 22.3 Å². The fraction of sp³-hybridized carbons (Fsp3) is 0.333. The number of aldehydes is 1. The summed E-state index contributed by atoms with van der Waals surface area (Å²) in [5, 5.41) is 5.44. The third kappa shape index (κ3) is 1.60. The number of carbonyl (C=O) groups excluding carboxylic acids is 1. The molecule has 0 radical (unpaired) electrons. The Balaban J connectivity index is 2.30. The van der Waals surface area contributed by atoms with Crippen LogP contribution in [0.2, 0.25) is 5.02 Å². The lowest BCUT2D eigenvalue weighted by Crippen LogP contribution is -1.96. The van der Waals surface area contributed by atoms with Crippen molar-refractivity contribution < 1.29 is 9.32 Å². The molecule has 2 aromatic rings. The molecule has 1 aromatic heterocycles. The molecule has 0 saturated heterocycles. The van der Waals surface area contributed by atoms with Crippen molar-refractivity contribution in [3.63, 3.8) is 0 Å². The molecule has 1 saturated carbocycles. The van der Waals surface area contributed by atoms with Crippen LogP contribution in [0.5, 0.6) is 0 Å². The molecule has 1 aliphatic carbocycles. The molecule has 0 unspecified atom stereocenters. The van der Waals surface area contributed by atoms with E-state index in [2.05, 4.69) is 5.16 Å². The van der Waals surface area contributed by atoms with Gasteiger partial charge in [-0.05, 0) is 18.9 Å². The fourth-order valence-electron chi connectivity index (χ4n) is 2.10. The monoisotopic (exact) mass is 250 g/mol. The lowest BCUT2D eigenvalue weighted by atomic mass is 10.0. The molecule has 0 aliphatic heterocycles. The highest BCUT2D eigenvalue weighted by Crippen LogP contribution is 2.45. The van der Waals surface area contributed by atoms with Gasteiger partial charge in [-0.3, -0.25) is 0 Å². The zero-order chi connectivity index (χ0) is 12.0. The Morgan fingerprint density at radius 1 is 1.59 bits per heavy atom. The maximum absolute atomic E-state index is 10.7. The van der Waals surface area contributed by atoms with Crippen LogP contribution in [-0.4, -0.2) is 11.4 Å². The number of carbonyl (C=O) groups is 1. The first-order valence-electron chi connectivity index (χ1n) is 5.52. The highest BCUT2D eigenvalue weighted by Gasteiger charge is 2.31. The highest BCUT2D eigenvalue weighted by atomic mass is 35.5. The Bertz CT molecular complexity index is 602. The van der Waals surface area contributed by atoms with Crippen molar-refractivity contribution in [2.24, 2.45) is 0 Å².